The molecule has 3 amide bonds. The van der Waals surface area contributed by atoms with E-state index in [2.05, 4.69) is 17.6 Å². The van der Waals surface area contributed by atoms with Crippen LogP contribution in [0.4, 0.5) is 10.5 Å². The fourth-order valence-electron chi connectivity index (χ4n) is 3.35. The number of imide groups is 1. The molecule has 3 rings (SSSR count). The molecule has 1 aromatic carbocycles. The fourth-order valence-corrected chi connectivity index (χ4v) is 4.28. The van der Waals surface area contributed by atoms with Gasteiger partial charge in [-0.05, 0) is 30.9 Å². The van der Waals surface area contributed by atoms with Crippen molar-refractivity contribution in [1.29, 1.82) is 0 Å². The molecule has 1 heterocycles. The molecule has 154 valence electrons. The fraction of sp³-hybridized carbons (Fsp3) is 0.421. The Morgan fingerprint density at radius 1 is 1.24 bits per heavy atom. The highest BCUT2D eigenvalue weighted by molar-refractivity contribution is 7.20. The van der Waals surface area contributed by atoms with E-state index in [4.69, 9.17) is 4.74 Å². The summed E-state index contributed by atoms with van der Waals surface area (Å²) in [6, 6.07) is 5.18. The Bertz CT molecular complexity index is 957. The Balaban J connectivity index is 1.50. The number of benzene rings is 1. The number of non-ortho nitro benzene ring substituents is 1. The zero-order valence-corrected chi connectivity index (χ0v) is 16.6. The molecular formula is C19H21N3O6S. The number of carbonyl (C=O) groups excluding carboxylic acids is 3. The first kappa shape index (κ1) is 20.7. The van der Waals surface area contributed by atoms with Crippen molar-refractivity contribution in [2.75, 3.05) is 6.61 Å². The summed E-state index contributed by atoms with van der Waals surface area (Å²) >= 11 is 1.11. The predicted octanol–water partition coefficient (Wildman–Crippen LogP) is 3.37. The Morgan fingerprint density at radius 2 is 2.00 bits per heavy atom. The number of hydrogen-bond acceptors (Lipinski definition) is 7. The van der Waals surface area contributed by atoms with E-state index in [-0.39, 0.29) is 16.6 Å². The number of carbonyl (C=O) groups is 3. The standard InChI is InChI=1S/C19H21N3O6S/c1-11-4-2-3-5-14(11)20-19(25)21-17(23)10-28-18(24)16-9-12-8-13(22(26)27)6-7-15(12)29-16/h6-9,11,14H,2-5,10H2,1H3,(H2,20,21,23,25)/t11-,14-/m1/s1. The van der Waals surface area contributed by atoms with Gasteiger partial charge in [0, 0.05) is 28.3 Å². The lowest BCUT2D eigenvalue weighted by Gasteiger charge is -2.29. The number of nitrogens with zero attached hydrogens (tertiary/aromatic N) is 1. The van der Waals surface area contributed by atoms with Gasteiger partial charge < -0.3 is 10.1 Å². The number of hydrogen-bond donors (Lipinski definition) is 2. The highest BCUT2D eigenvalue weighted by Crippen LogP contribution is 2.29. The number of ether oxygens (including phenoxy) is 1. The molecule has 9 nitrogen and oxygen atoms in total. The molecule has 0 aliphatic heterocycles. The molecular weight excluding hydrogens is 398 g/mol. The van der Waals surface area contributed by atoms with Crippen LogP contribution in [0.15, 0.2) is 24.3 Å². The minimum absolute atomic E-state index is 0.0294. The molecule has 0 radical (unpaired) electrons. The first-order valence-electron chi connectivity index (χ1n) is 9.29. The second-order valence-corrected chi connectivity index (χ2v) is 8.14. The number of nitro benzene ring substituents is 1. The topological polar surface area (TPSA) is 128 Å². The van der Waals surface area contributed by atoms with E-state index in [9.17, 15) is 24.5 Å². The molecule has 1 aliphatic rings. The van der Waals surface area contributed by atoms with Crippen LogP contribution in [0.2, 0.25) is 0 Å². The van der Waals surface area contributed by atoms with Gasteiger partial charge in [0.25, 0.3) is 11.6 Å². The van der Waals surface area contributed by atoms with Gasteiger partial charge in [0.2, 0.25) is 0 Å². The molecule has 0 saturated heterocycles. The maximum absolute atomic E-state index is 12.2. The maximum atomic E-state index is 12.2. The number of rotatable bonds is 5. The summed E-state index contributed by atoms with van der Waals surface area (Å²) in [5.74, 6) is -1.10. The minimum atomic E-state index is -0.731. The second-order valence-electron chi connectivity index (χ2n) is 7.06. The summed E-state index contributed by atoms with van der Waals surface area (Å²) < 4.78 is 5.64. The first-order chi connectivity index (χ1) is 13.8. The summed E-state index contributed by atoms with van der Waals surface area (Å²) in [7, 11) is 0. The van der Waals surface area contributed by atoms with Gasteiger partial charge in [-0.1, -0.05) is 19.8 Å². The number of urea groups is 1. The second kappa shape index (κ2) is 8.99. The van der Waals surface area contributed by atoms with Crippen LogP contribution in [0.3, 0.4) is 0 Å². The van der Waals surface area contributed by atoms with Crippen LogP contribution in [0.5, 0.6) is 0 Å². The monoisotopic (exact) mass is 419 g/mol. The summed E-state index contributed by atoms with van der Waals surface area (Å²) in [4.78, 5) is 46.5. The zero-order chi connectivity index (χ0) is 21.0. The quantitative estimate of drug-likeness (QED) is 0.434. The van der Waals surface area contributed by atoms with Gasteiger partial charge in [-0.2, -0.15) is 0 Å². The van der Waals surface area contributed by atoms with Crippen LogP contribution in [-0.4, -0.2) is 35.5 Å². The van der Waals surface area contributed by atoms with Crippen LogP contribution >= 0.6 is 11.3 Å². The number of amides is 3. The van der Waals surface area contributed by atoms with Crippen LogP contribution < -0.4 is 10.6 Å². The number of nitrogens with one attached hydrogen (secondary N) is 2. The Kier molecular flexibility index (Phi) is 6.42. The highest BCUT2D eigenvalue weighted by atomic mass is 32.1. The number of fused-ring (bicyclic) bond motifs is 1. The van der Waals surface area contributed by atoms with Crippen molar-refractivity contribution in [1.82, 2.24) is 10.6 Å². The SMILES string of the molecule is C[C@@H]1CCCC[C@H]1NC(=O)NC(=O)COC(=O)c1cc2cc([N+](=O)[O-])ccc2s1. The molecule has 1 aliphatic carbocycles. The van der Waals surface area contributed by atoms with E-state index in [0.717, 1.165) is 37.0 Å². The molecule has 1 saturated carbocycles. The van der Waals surface area contributed by atoms with Gasteiger partial charge in [0.1, 0.15) is 4.88 Å². The van der Waals surface area contributed by atoms with Crippen molar-refractivity contribution in [3.63, 3.8) is 0 Å². The van der Waals surface area contributed by atoms with E-state index in [1.54, 1.807) is 6.07 Å². The normalized spacial score (nSPS) is 18.8. The average molecular weight is 419 g/mol. The molecule has 29 heavy (non-hydrogen) atoms. The maximum Gasteiger partial charge on any atom is 0.348 e. The lowest BCUT2D eigenvalue weighted by molar-refractivity contribution is -0.384. The lowest BCUT2D eigenvalue weighted by Crippen LogP contribution is -2.48. The molecule has 1 fully saturated rings. The average Bonchev–Trinajstić information content (AvgIpc) is 3.11. The smallest absolute Gasteiger partial charge is 0.348 e. The first-order valence-corrected chi connectivity index (χ1v) is 10.1. The van der Waals surface area contributed by atoms with E-state index >= 15 is 0 Å². The molecule has 0 spiro atoms. The van der Waals surface area contributed by atoms with E-state index in [1.807, 2.05) is 0 Å². The van der Waals surface area contributed by atoms with E-state index in [1.165, 1.54) is 18.2 Å². The number of esters is 1. The van der Waals surface area contributed by atoms with Crippen LogP contribution in [0, 0.1) is 16.0 Å². The minimum Gasteiger partial charge on any atom is -0.451 e. The van der Waals surface area contributed by atoms with Gasteiger partial charge >= 0.3 is 12.0 Å². The molecule has 2 aromatic rings. The van der Waals surface area contributed by atoms with Gasteiger partial charge in [0.15, 0.2) is 6.61 Å². The molecule has 2 N–H and O–H groups in total. The third kappa shape index (κ3) is 5.29. The lowest BCUT2D eigenvalue weighted by atomic mass is 9.86. The van der Waals surface area contributed by atoms with Crippen molar-refractivity contribution in [2.24, 2.45) is 5.92 Å². The zero-order valence-electron chi connectivity index (χ0n) is 15.8. The third-order valence-corrected chi connectivity index (χ3v) is 6.02. The Hall–Kier alpha value is -3.01. The number of thiophene rings is 1. The van der Waals surface area contributed by atoms with Gasteiger partial charge in [-0.15, -0.1) is 11.3 Å². The van der Waals surface area contributed by atoms with Gasteiger partial charge in [-0.25, -0.2) is 9.59 Å². The molecule has 1 aromatic heterocycles. The van der Waals surface area contributed by atoms with Crippen LogP contribution in [-0.2, 0) is 9.53 Å². The van der Waals surface area contributed by atoms with Gasteiger partial charge in [-0.3, -0.25) is 20.2 Å². The van der Waals surface area contributed by atoms with Crippen molar-refractivity contribution in [3.05, 3.63) is 39.3 Å². The summed E-state index contributed by atoms with van der Waals surface area (Å²) in [5, 5.41) is 16.3. The highest BCUT2D eigenvalue weighted by Gasteiger charge is 2.23. The Morgan fingerprint density at radius 3 is 2.72 bits per heavy atom. The van der Waals surface area contributed by atoms with E-state index < -0.39 is 29.4 Å². The largest absolute Gasteiger partial charge is 0.451 e. The van der Waals surface area contributed by atoms with Crippen molar-refractivity contribution in [2.45, 2.75) is 38.6 Å². The molecule has 0 bridgehead atoms. The van der Waals surface area contributed by atoms with Crippen molar-refractivity contribution in [3.8, 4) is 0 Å². The molecule has 2 atom stereocenters. The molecule has 10 heteroatoms. The summed E-state index contributed by atoms with van der Waals surface area (Å²) in [6.07, 6.45) is 4.09. The summed E-state index contributed by atoms with van der Waals surface area (Å²) in [5.41, 5.74) is -0.0760. The van der Waals surface area contributed by atoms with Crippen LogP contribution in [0.1, 0.15) is 42.3 Å². The van der Waals surface area contributed by atoms with Gasteiger partial charge in [0.05, 0.1) is 4.92 Å². The Labute approximate surface area is 170 Å². The van der Waals surface area contributed by atoms with Crippen molar-refractivity contribution >= 4 is 45.0 Å². The third-order valence-electron chi connectivity index (χ3n) is 4.93. The summed E-state index contributed by atoms with van der Waals surface area (Å²) in [6.45, 7) is 1.47. The number of nitro groups is 1. The van der Waals surface area contributed by atoms with Crippen LogP contribution in [0.25, 0.3) is 10.1 Å². The van der Waals surface area contributed by atoms with E-state index in [0.29, 0.717) is 16.0 Å². The van der Waals surface area contributed by atoms with Crippen molar-refractivity contribution < 1.29 is 24.0 Å². The molecule has 0 unspecified atom stereocenters. The predicted molar refractivity (Wildman–Crippen MR) is 107 cm³/mol.